The van der Waals surface area contributed by atoms with Crippen molar-refractivity contribution in [1.82, 2.24) is 0 Å². The minimum atomic E-state index is -3.80. The van der Waals surface area contributed by atoms with Gasteiger partial charge in [0, 0.05) is 17.3 Å². The van der Waals surface area contributed by atoms with Crippen LogP contribution in [-0.4, -0.2) is 27.2 Å². The Labute approximate surface area is 144 Å². The Bertz CT molecular complexity index is 877. The van der Waals surface area contributed by atoms with Crippen molar-refractivity contribution in [3.8, 4) is 5.75 Å². The van der Waals surface area contributed by atoms with Gasteiger partial charge in [0.2, 0.25) is 5.91 Å². The summed E-state index contributed by atoms with van der Waals surface area (Å²) in [6, 6.07) is 7.54. The highest BCUT2D eigenvalue weighted by Gasteiger charge is 2.20. The zero-order valence-electron chi connectivity index (χ0n) is 13.7. The standard InChI is InChI=1S/C17H17F2NO4S/c1-11-3-4-16(24-2)12(5-11)9-25(22,23)10-17(21)20-15-7-13(18)6-14(19)8-15/h3-8H,9-10H2,1-2H3,(H,20,21). The molecule has 25 heavy (non-hydrogen) atoms. The maximum absolute atomic E-state index is 13.1. The third-order valence-electron chi connectivity index (χ3n) is 3.31. The van der Waals surface area contributed by atoms with Crippen LogP contribution in [0.25, 0.3) is 0 Å². The predicted octanol–water partition coefficient (Wildman–Crippen LogP) is 2.84. The molecule has 2 aromatic rings. The van der Waals surface area contributed by atoms with E-state index in [0.717, 1.165) is 17.7 Å². The number of ether oxygens (including phenoxy) is 1. The van der Waals surface area contributed by atoms with Gasteiger partial charge in [-0.05, 0) is 25.1 Å². The molecule has 0 saturated heterocycles. The second kappa shape index (κ2) is 7.60. The van der Waals surface area contributed by atoms with Crippen LogP contribution in [0.4, 0.5) is 14.5 Å². The lowest BCUT2D eigenvalue weighted by atomic mass is 10.1. The van der Waals surface area contributed by atoms with Crippen molar-refractivity contribution in [1.29, 1.82) is 0 Å². The molecule has 1 N–H and O–H groups in total. The smallest absolute Gasteiger partial charge is 0.239 e. The minimum absolute atomic E-state index is 0.147. The summed E-state index contributed by atoms with van der Waals surface area (Å²) < 4.78 is 55.8. The number of hydrogen-bond donors (Lipinski definition) is 1. The molecule has 0 aliphatic carbocycles. The molecule has 1 amide bonds. The molecule has 2 rings (SSSR count). The summed E-state index contributed by atoms with van der Waals surface area (Å²) in [4.78, 5) is 11.9. The molecule has 0 bridgehead atoms. The summed E-state index contributed by atoms with van der Waals surface area (Å²) in [5.41, 5.74) is 1.14. The monoisotopic (exact) mass is 369 g/mol. The topological polar surface area (TPSA) is 72.5 Å². The van der Waals surface area contributed by atoms with E-state index in [2.05, 4.69) is 5.32 Å². The van der Waals surface area contributed by atoms with E-state index in [1.165, 1.54) is 7.11 Å². The number of sulfone groups is 1. The van der Waals surface area contributed by atoms with Crippen molar-refractivity contribution in [2.24, 2.45) is 0 Å². The highest BCUT2D eigenvalue weighted by Crippen LogP contribution is 2.22. The van der Waals surface area contributed by atoms with Gasteiger partial charge in [0.1, 0.15) is 23.1 Å². The molecule has 2 aromatic carbocycles. The maximum atomic E-state index is 13.1. The first-order valence-electron chi connectivity index (χ1n) is 7.28. The molecule has 134 valence electrons. The Morgan fingerprint density at radius 1 is 1.12 bits per heavy atom. The van der Waals surface area contributed by atoms with Gasteiger partial charge < -0.3 is 10.1 Å². The van der Waals surface area contributed by atoms with Crippen molar-refractivity contribution in [2.75, 3.05) is 18.2 Å². The first-order chi connectivity index (χ1) is 11.7. The van der Waals surface area contributed by atoms with Crippen LogP contribution in [0.15, 0.2) is 36.4 Å². The molecular weight excluding hydrogens is 352 g/mol. The summed E-state index contributed by atoms with van der Waals surface area (Å²) in [7, 11) is -2.38. The number of methoxy groups -OCH3 is 1. The van der Waals surface area contributed by atoms with E-state index in [1.54, 1.807) is 25.1 Å². The van der Waals surface area contributed by atoms with Gasteiger partial charge in [0.05, 0.1) is 12.9 Å². The largest absolute Gasteiger partial charge is 0.496 e. The van der Waals surface area contributed by atoms with Crippen LogP contribution in [0.2, 0.25) is 0 Å². The number of rotatable bonds is 6. The Morgan fingerprint density at radius 3 is 2.36 bits per heavy atom. The number of halogens is 2. The molecule has 0 atom stereocenters. The molecular formula is C17H17F2NO4S. The molecule has 0 heterocycles. The lowest BCUT2D eigenvalue weighted by molar-refractivity contribution is -0.113. The van der Waals surface area contributed by atoms with Gasteiger partial charge in [0.25, 0.3) is 0 Å². The fourth-order valence-corrected chi connectivity index (χ4v) is 3.60. The van der Waals surface area contributed by atoms with Crippen LogP contribution >= 0.6 is 0 Å². The van der Waals surface area contributed by atoms with Gasteiger partial charge in [-0.3, -0.25) is 4.79 Å². The average Bonchev–Trinajstić information content (AvgIpc) is 2.44. The quantitative estimate of drug-likeness (QED) is 0.850. The van der Waals surface area contributed by atoms with Crippen LogP contribution in [0, 0.1) is 18.6 Å². The van der Waals surface area contributed by atoms with Crippen molar-refractivity contribution in [2.45, 2.75) is 12.7 Å². The van der Waals surface area contributed by atoms with Crippen LogP contribution in [-0.2, 0) is 20.4 Å². The lowest BCUT2D eigenvalue weighted by Gasteiger charge is -2.10. The Kier molecular flexibility index (Phi) is 5.73. The normalized spacial score (nSPS) is 11.2. The van der Waals surface area contributed by atoms with Crippen molar-refractivity contribution in [3.05, 3.63) is 59.2 Å². The number of carbonyl (C=O) groups excluding carboxylic acids is 1. The number of amides is 1. The van der Waals surface area contributed by atoms with Gasteiger partial charge >= 0.3 is 0 Å². The number of hydrogen-bond acceptors (Lipinski definition) is 4. The number of benzene rings is 2. The summed E-state index contributed by atoms with van der Waals surface area (Å²) in [5, 5.41) is 2.18. The molecule has 0 fully saturated rings. The second-order valence-corrected chi connectivity index (χ2v) is 7.62. The van der Waals surface area contributed by atoms with Crippen molar-refractivity contribution >= 4 is 21.4 Å². The van der Waals surface area contributed by atoms with Crippen LogP contribution in [0.3, 0.4) is 0 Å². The van der Waals surface area contributed by atoms with Gasteiger partial charge in [-0.2, -0.15) is 0 Å². The predicted molar refractivity (Wildman–Crippen MR) is 90.2 cm³/mol. The zero-order valence-corrected chi connectivity index (χ0v) is 14.5. The first kappa shape index (κ1) is 18.9. The molecule has 5 nitrogen and oxygen atoms in total. The van der Waals surface area contributed by atoms with Crippen LogP contribution < -0.4 is 10.1 Å². The van der Waals surface area contributed by atoms with Gasteiger partial charge in [-0.25, -0.2) is 17.2 Å². The van der Waals surface area contributed by atoms with Crippen LogP contribution in [0.5, 0.6) is 5.75 Å². The minimum Gasteiger partial charge on any atom is -0.496 e. The lowest BCUT2D eigenvalue weighted by Crippen LogP contribution is -2.24. The average molecular weight is 369 g/mol. The first-order valence-corrected chi connectivity index (χ1v) is 9.10. The Hall–Kier alpha value is -2.48. The van der Waals surface area contributed by atoms with Gasteiger partial charge in [-0.15, -0.1) is 0 Å². The third kappa shape index (κ3) is 5.53. The van der Waals surface area contributed by atoms with E-state index in [4.69, 9.17) is 4.74 Å². The summed E-state index contributed by atoms with van der Waals surface area (Å²) >= 11 is 0. The van der Waals surface area contributed by atoms with Crippen molar-refractivity contribution < 1.29 is 26.7 Å². The third-order valence-corrected chi connectivity index (χ3v) is 4.76. The molecule has 0 aromatic heterocycles. The number of anilines is 1. The number of carbonyl (C=O) groups is 1. The van der Waals surface area contributed by atoms with Crippen molar-refractivity contribution in [3.63, 3.8) is 0 Å². The molecule has 8 heteroatoms. The maximum Gasteiger partial charge on any atom is 0.239 e. The zero-order chi connectivity index (χ0) is 18.6. The number of nitrogens with one attached hydrogen (secondary N) is 1. The summed E-state index contributed by atoms with van der Waals surface area (Å²) in [6.07, 6.45) is 0. The molecule has 0 saturated carbocycles. The van der Waals surface area contributed by atoms with E-state index >= 15 is 0 Å². The fourth-order valence-electron chi connectivity index (χ4n) is 2.33. The second-order valence-electron chi connectivity index (χ2n) is 5.55. The summed E-state index contributed by atoms with van der Waals surface area (Å²) in [6.45, 7) is 1.81. The van der Waals surface area contributed by atoms with E-state index < -0.39 is 33.1 Å². The molecule has 0 unspecified atom stereocenters. The summed E-state index contributed by atoms with van der Waals surface area (Å²) in [5.74, 6) is -3.42. The molecule has 0 radical (unpaired) electrons. The highest BCUT2D eigenvalue weighted by atomic mass is 32.2. The molecule has 0 aliphatic heterocycles. The highest BCUT2D eigenvalue weighted by molar-refractivity contribution is 7.91. The molecule has 0 spiro atoms. The van der Waals surface area contributed by atoms with E-state index in [1.807, 2.05) is 0 Å². The van der Waals surface area contributed by atoms with E-state index in [-0.39, 0.29) is 11.4 Å². The Morgan fingerprint density at radius 2 is 1.76 bits per heavy atom. The Balaban J connectivity index is 2.10. The van der Waals surface area contributed by atoms with Gasteiger partial charge in [-0.1, -0.05) is 17.7 Å². The van der Waals surface area contributed by atoms with Crippen LogP contribution in [0.1, 0.15) is 11.1 Å². The van der Waals surface area contributed by atoms with E-state index in [0.29, 0.717) is 17.4 Å². The van der Waals surface area contributed by atoms with Gasteiger partial charge in [0.15, 0.2) is 9.84 Å². The SMILES string of the molecule is COc1ccc(C)cc1CS(=O)(=O)CC(=O)Nc1cc(F)cc(F)c1. The molecule has 0 aliphatic rings. The number of aryl methyl sites for hydroxylation is 1. The fraction of sp³-hybridized carbons (Fsp3) is 0.235. The van der Waals surface area contributed by atoms with E-state index in [9.17, 15) is 22.0 Å².